The van der Waals surface area contributed by atoms with Crippen molar-refractivity contribution in [1.29, 1.82) is 0 Å². The maximum Gasteiger partial charge on any atom is 0.347 e. The van der Waals surface area contributed by atoms with Crippen molar-refractivity contribution < 1.29 is 27.6 Å². The Labute approximate surface area is 313 Å². The summed E-state index contributed by atoms with van der Waals surface area (Å²) in [4.78, 5) is 14.2. The molecule has 0 bridgehead atoms. The van der Waals surface area contributed by atoms with Crippen LogP contribution in [-0.2, 0) is 0 Å². The number of hydrogen-bond acceptors (Lipinski definition) is 6. The normalized spacial score (nSPS) is 11.7. The van der Waals surface area contributed by atoms with E-state index in [9.17, 15) is 4.79 Å². The van der Waals surface area contributed by atoms with Gasteiger partial charge in [-0.25, -0.2) is 4.79 Å². The van der Waals surface area contributed by atoms with Crippen LogP contribution in [0.3, 0.4) is 0 Å². The lowest BCUT2D eigenvalue weighted by molar-refractivity contribution is 0.0733. The number of benzene rings is 7. The number of rotatable bonds is 13. The van der Waals surface area contributed by atoms with Crippen molar-refractivity contribution in [2.24, 2.45) is 0 Å². The van der Waals surface area contributed by atoms with Gasteiger partial charge in [0.1, 0.15) is 34.3 Å². The molecule has 0 saturated heterocycles. The van der Waals surface area contributed by atoms with E-state index in [0.29, 0.717) is 22.8 Å². The van der Waals surface area contributed by atoms with E-state index in [1.165, 1.54) is 0 Å². The number of hydrogen-bond donors (Lipinski definition) is 0. The zero-order valence-electron chi connectivity index (χ0n) is 30.0. The van der Waals surface area contributed by atoms with Gasteiger partial charge in [-0.05, 0) is 80.9 Å². The van der Waals surface area contributed by atoms with Crippen molar-refractivity contribution in [2.75, 3.05) is 0 Å². The smallest absolute Gasteiger partial charge is 0.347 e. The Morgan fingerprint density at radius 1 is 0.491 bits per heavy atom. The molecule has 0 N–H and O–H groups in total. The summed E-state index contributed by atoms with van der Waals surface area (Å²) in [6, 6.07) is 46.9. The highest BCUT2D eigenvalue weighted by atomic mass is 31.1. The number of carbonyl (C=O) groups is 1. The minimum absolute atomic E-state index is 0.245. The monoisotopic (exact) mass is 738 g/mol. The lowest BCUT2D eigenvalue weighted by Crippen LogP contribution is -2.11. The third-order valence-corrected chi connectivity index (χ3v) is 10.2. The summed E-state index contributed by atoms with van der Waals surface area (Å²) in [5.41, 5.74) is 3.89. The summed E-state index contributed by atoms with van der Waals surface area (Å²) >= 11 is 0. The summed E-state index contributed by atoms with van der Waals surface area (Å²) in [7, 11) is -0.815. The van der Waals surface area contributed by atoms with Crippen LogP contribution in [-0.4, -0.2) is 5.97 Å². The molecule has 266 valence electrons. The Balaban J connectivity index is 1.38. The maximum atomic E-state index is 14.2. The average Bonchev–Trinajstić information content (AvgIpc) is 3.18. The molecule has 0 fully saturated rings. The molecule has 0 aliphatic heterocycles. The highest BCUT2D eigenvalue weighted by molar-refractivity contribution is 7.27. The summed E-state index contributed by atoms with van der Waals surface area (Å²) in [5.74, 6) is 2.83. The molecule has 7 rings (SSSR count). The van der Waals surface area contributed by atoms with E-state index in [1.54, 1.807) is 12.1 Å². The van der Waals surface area contributed by atoms with Crippen LogP contribution in [0.2, 0.25) is 0 Å². The first-order valence-corrected chi connectivity index (χ1v) is 19.2. The molecule has 0 aliphatic rings. The van der Waals surface area contributed by atoms with E-state index >= 15 is 0 Å². The first-order chi connectivity index (χ1) is 25.9. The Morgan fingerprint density at radius 3 is 1.64 bits per heavy atom. The van der Waals surface area contributed by atoms with Gasteiger partial charge >= 0.3 is 5.97 Å². The molecule has 0 amide bonds. The van der Waals surface area contributed by atoms with Crippen LogP contribution in [0.5, 0.6) is 28.7 Å². The minimum Gasteiger partial charge on any atom is -0.440 e. The van der Waals surface area contributed by atoms with Crippen LogP contribution in [0.15, 0.2) is 146 Å². The SMILES string of the molecule is CC(C)c1ccccc1OPOc1ccc2ccccc2c1-c1c(OPOc2ccccc2C(C)C)c(C(=O)Oc2ccccc2)cc2ccccc12. The van der Waals surface area contributed by atoms with Crippen LogP contribution in [0.25, 0.3) is 32.7 Å². The fourth-order valence-corrected chi connectivity index (χ4v) is 7.59. The van der Waals surface area contributed by atoms with Gasteiger partial charge in [0.15, 0.2) is 0 Å². The molecule has 7 aromatic rings. The van der Waals surface area contributed by atoms with Crippen molar-refractivity contribution in [2.45, 2.75) is 39.5 Å². The molecular weight excluding hydrogens is 698 g/mol. The maximum absolute atomic E-state index is 14.2. The lowest BCUT2D eigenvalue weighted by atomic mass is 9.90. The fourth-order valence-electron chi connectivity index (χ4n) is 6.40. The van der Waals surface area contributed by atoms with Gasteiger partial charge in [0.2, 0.25) is 0 Å². The van der Waals surface area contributed by atoms with Gasteiger partial charge in [0, 0.05) is 11.1 Å². The molecule has 0 heterocycles. The topological polar surface area (TPSA) is 63.2 Å². The standard InChI is InChI=1S/C45H40O6P2/c1-29(2)34-20-12-14-24-39(34)48-52-50-41-27-26-31-16-8-10-22-36(31)42(41)43-37-23-11-9-17-32(37)28-38(45(46)47-33-18-6-5-7-19-33)44(43)51-53-49-40-25-15-13-21-35(40)30(3)4/h5-30,52-53H,1-4H3. The Hall–Kier alpha value is -5.41. The van der Waals surface area contributed by atoms with E-state index in [1.807, 2.05) is 109 Å². The summed E-state index contributed by atoms with van der Waals surface area (Å²) in [6.07, 6.45) is 0. The summed E-state index contributed by atoms with van der Waals surface area (Å²) in [6.45, 7) is 8.53. The predicted octanol–water partition coefficient (Wildman–Crippen LogP) is 13.1. The van der Waals surface area contributed by atoms with Crippen LogP contribution in [0.1, 0.15) is 61.0 Å². The highest BCUT2D eigenvalue weighted by Gasteiger charge is 2.27. The molecule has 53 heavy (non-hydrogen) atoms. The molecule has 0 spiro atoms. The van der Waals surface area contributed by atoms with Crippen LogP contribution < -0.4 is 22.8 Å². The third-order valence-electron chi connectivity index (χ3n) is 9.00. The Bertz CT molecular complexity index is 2370. The van der Waals surface area contributed by atoms with Crippen molar-refractivity contribution in [3.05, 3.63) is 162 Å². The molecule has 0 aromatic heterocycles. The van der Waals surface area contributed by atoms with Crippen molar-refractivity contribution in [3.63, 3.8) is 0 Å². The Kier molecular flexibility index (Phi) is 11.2. The van der Waals surface area contributed by atoms with Gasteiger partial charge in [0.05, 0.1) is 0 Å². The number of carbonyl (C=O) groups excluding carboxylic acids is 1. The van der Waals surface area contributed by atoms with Gasteiger partial charge in [-0.3, -0.25) is 0 Å². The van der Waals surface area contributed by atoms with E-state index in [2.05, 4.69) is 52.0 Å². The fraction of sp³-hybridized carbons (Fsp3) is 0.133. The Morgan fingerprint density at radius 2 is 1.00 bits per heavy atom. The molecule has 0 aliphatic carbocycles. The molecule has 0 radical (unpaired) electrons. The van der Waals surface area contributed by atoms with Crippen molar-refractivity contribution >= 4 is 45.6 Å². The highest BCUT2D eigenvalue weighted by Crippen LogP contribution is 2.50. The second-order valence-electron chi connectivity index (χ2n) is 13.2. The molecule has 0 saturated carbocycles. The zero-order chi connectivity index (χ0) is 36.7. The van der Waals surface area contributed by atoms with Crippen molar-refractivity contribution in [1.82, 2.24) is 0 Å². The quantitative estimate of drug-likeness (QED) is 0.0667. The van der Waals surface area contributed by atoms with E-state index in [4.69, 9.17) is 22.8 Å². The molecule has 2 atom stereocenters. The van der Waals surface area contributed by atoms with E-state index < -0.39 is 15.0 Å². The van der Waals surface area contributed by atoms with Gasteiger partial charge in [0.25, 0.3) is 18.1 Å². The lowest BCUT2D eigenvalue weighted by Gasteiger charge is -2.22. The van der Waals surface area contributed by atoms with Crippen LogP contribution in [0, 0.1) is 0 Å². The first kappa shape index (κ1) is 36.0. The van der Waals surface area contributed by atoms with Crippen molar-refractivity contribution in [3.8, 4) is 39.9 Å². The third kappa shape index (κ3) is 8.00. The number of fused-ring (bicyclic) bond motifs is 2. The zero-order valence-corrected chi connectivity index (χ0v) is 32.0. The largest absolute Gasteiger partial charge is 0.440 e. The number of esters is 1. The minimum atomic E-state index is -0.552. The predicted molar refractivity (Wildman–Crippen MR) is 218 cm³/mol. The van der Waals surface area contributed by atoms with Crippen LogP contribution in [0.4, 0.5) is 0 Å². The molecular formula is C45H40O6P2. The molecule has 8 heteroatoms. The van der Waals surface area contributed by atoms with Gasteiger partial charge in [-0.1, -0.05) is 137 Å². The number of para-hydroxylation sites is 3. The summed E-state index contributed by atoms with van der Waals surface area (Å²) < 4.78 is 31.8. The van der Waals surface area contributed by atoms with Gasteiger partial charge in [-0.15, -0.1) is 0 Å². The first-order valence-electron chi connectivity index (χ1n) is 17.6. The average molecular weight is 739 g/mol. The second kappa shape index (κ2) is 16.5. The molecule has 2 unspecified atom stereocenters. The van der Waals surface area contributed by atoms with Gasteiger partial charge < -0.3 is 22.8 Å². The van der Waals surface area contributed by atoms with Crippen LogP contribution >= 0.6 is 18.1 Å². The number of ether oxygens (including phenoxy) is 1. The van der Waals surface area contributed by atoms with Gasteiger partial charge in [-0.2, -0.15) is 0 Å². The molecule has 7 aromatic carbocycles. The summed E-state index contributed by atoms with van der Waals surface area (Å²) in [5, 5.41) is 3.64. The van der Waals surface area contributed by atoms with E-state index in [-0.39, 0.29) is 26.4 Å². The molecule has 6 nitrogen and oxygen atoms in total. The second-order valence-corrected chi connectivity index (χ2v) is 14.3. The van der Waals surface area contributed by atoms with E-state index in [0.717, 1.165) is 49.7 Å².